The summed E-state index contributed by atoms with van der Waals surface area (Å²) in [5, 5.41) is 20.5. The van der Waals surface area contributed by atoms with E-state index in [0.717, 1.165) is 11.3 Å². The zero-order valence-corrected chi connectivity index (χ0v) is 13.2. The van der Waals surface area contributed by atoms with Crippen LogP contribution < -0.4 is 14.4 Å². The van der Waals surface area contributed by atoms with Crippen molar-refractivity contribution < 1.29 is 19.7 Å². The monoisotopic (exact) mass is 303 g/mol. The van der Waals surface area contributed by atoms with Crippen LogP contribution in [0.15, 0.2) is 36.4 Å². The fourth-order valence-electron chi connectivity index (χ4n) is 2.22. The van der Waals surface area contributed by atoms with E-state index in [4.69, 9.17) is 9.47 Å². The topological polar surface area (TPSA) is 62.2 Å². The second-order valence-corrected chi connectivity index (χ2v) is 5.16. The third kappa shape index (κ3) is 3.09. The number of anilines is 1. The first-order valence-corrected chi connectivity index (χ1v) is 6.88. The largest absolute Gasteiger partial charge is 0.502 e. The van der Waals surface area contributed by atoms with Gasteiger partial charge in [0.25, 0.3) is 0 Å². The highest BCUT2D eigenvalue weighted by Crippen LogP contribution is 2.39. The van der Waals surface area contributed by atoms with Gasteiger partial charge in [-0.25, -0.2) is 0 Å². The number of rotatable bonds is 5. The minimum atomic E-state index is -0.834. The zero-order valence-electron chi connectivity index (χ0n) is 13.2. The first-order valence-electron chi connectivity index (χ1n) is 6.88. The molecule has 118 valence electrons. The van der Waals surface area contributed by atoms with E-state index in [1.54, 1.807) is 12.1 Å². The van der Waals surface area contributed by atoms with Crippen molar-refractivity contribution in [2.45, 2.75) is 6.10 Å². The van der Waals surface area contributed by atoms with Crippen molar-refractivity contribution in [3.63, 3.8) is 0 Å². The molecular weight excluding hydrogens is 282 g/mol. The van der Waals surface area contributed by atoms with Crippen molar-refractivity contribution in [3.05, 3.63) is 47.5 Å². The van der Waals surface area contributed by atoms with E-state index in [9.17, 15) is 10.2 Å². The van der Waals surface area contributed by atoms with Crippen LogP contribution in [-0.2, 0) is 0 Å². The Balaban J connectivity index is 2.38. The van der Waals surface area contributed by atoms with Crippen LogP contribution in [0.3, 0.4) is 0 Å². The van der Waals surface area contributed by atoms with E-state index in [1.807, 2.05) is 43.3 Å². The molecular formula is C17H21NO4. The van der Waals surface area contributed by atoms with Crippen LogP contribution in [-0.4, -0.2) is 38.5 Å². The van der Waals surface area contributed by atoms with E-state index < -0.39 is 6.10 Å². The molecule has 0 fully saturated rings. The second-order valence-electron chi connectivity index (χ2n) is 5.16. The average Bonchev–Trinajstić information content (AvgIpc) is 2.54. The molecule has 2 aromatic carbocycles. The molecule has 0 saturated heterocycles. The van der Waals surface area contributed by atoms with Crippen LogP contribution in [0.5, 0.6) is 17.2 Å². The summed E-state index contributed by atoms with van der Waals surface area (Å²) in [6, 6.07) is 10.8. The third-order valence-electron chi connectivity index (χ3n) is 3.54. The molecule has 0 aliphatic rings. The smallest absolute Gasteiger partial charge is 0.200 e. The van der Waals surface area contributed by atoms with Crippen molar-refractivity contribution in [1.29, 1.82) is 0 Å². The highest BCUT2D eigenvalue weighted by atomic mass is 16.5. The Kier molecular flexibility index (Phi) is 4.78. The van der Waals surface area contributed by atoms with Crippen LogP contribution in [0.1, 0.15) is 17.2 Å². The molecule has 2 N–H and O–H groups in total. The van der Waals surface area contributed by atoms with Crippen molar-refractivity contribution >= 4 is 5.69 Å². The highest BCUT2D eigenvalue weighted by molar-refractivity contribution is 5.54. The molecule has 0 heterocycles. The molecule has 5 nitrogen and oxygen atoms in total. The molecule has 2 rings (SSSR count). The van der Waals surface area contributed by atoms with Crippen molar-refractivity contribution in [2.24, 2.45) is 0 Å². The van der Waals surface area contributed by atoms with Gasteiger partial charge in [0, 0.05) is 19.8 Å². The van der Waals surface area contributed by atoms with E-state index in [-0.39, 0.29) is 17.2 Å². The van der Waals surface area contributed by atoms with Gasteiger partial charge in [0.2, 0.25) is 5.75 Å². The number of ether oxygens (including phenoxy) is 2. The third-order valence-corrected chi connectivity index (χ3v) is 3.54. The maximum Gasteiger partial charge on any atom is 0.200 e. The van der Waals surface area contributed by atoms with Gasteiger partial charge >= 0.3 is 0 Å². The molecule has 1 atom stereocenters. The fraction of sp³-hybridized carbons (Fsp3) is 0.294. The minimum Gasteiger partial charge on any atom is -0.502 e. The molecule has 0 radical (unpaired) electrons. The van der Waals surface area contributed by atoms with E-state index in [2.05, 4.69) is 0 Å². The van der Waals surface area contributed by atoms with Gasteiger partial charge in [-0.15, -0.1) is 0 Å². The van der Waals surface area contributed by atoms with Gasteiger partial charge in [0.15, 0.2) is 11.5 Å². The Labute approximate surface area is 130 Å². The Hall–Kier alpha value is -2.40. The summed E-state index contributed by atoms with van der Waals surface area (Å²) in [5.41, 5.74) is 2.39. The van der Waals surface area contributed by atoms with Gasteiger partial charge in [-0.2, -0.15) is 0 Å². The molecule has 0 saturated carbocycles. The van der Waals surface area contributed by atoms with Crippen LogP contribution in [0.2, 0.25) is 0 Å². The SMILES string of the molecule is COc1cc(C(O)c2ccc(N(C)C)cc2)cc(OC)c1O. The molecule has 2 aromatic rings. The van der Waals surface area contributed by atoms with Crippen molar-refractivity contribution in [1.82, 2.24) is 0 Å². The molecule has 0 bridgehead atoms. The van der Waals surface area contributed by atoms with Gasteiger partial charge in [-0.05, 0) is 35.4 Å². The Morgan fingerprint density at radius 1 is 0.909 bits per heavy atom. The number of nitrogens with zero attached hydrogens (tertiary/aromatic N) is 1. The van der Waals surface area contributed by atoms with E-state index >= 15 is 0 Å². The van der Waals surface area contributed by atoms with Crippen molar-refractivity contribution in [2.75, 3.05) is 33.2 Å². The van der Waals surface area contributed by atoms with Crippen LogP contribution >= 0.6 is 0 Å². The number of methoxy groups -OCH3 is 2. The van der Waals surface area contributed by atoms with Gasteiger partial charge in [-0.3, -0.25) is 0 Å². The standard InChI is InChI=1S/C17H21NO4/c1-18(2)13-7-5-11(6-8-13)16(19)12-9-14(21-3)17(20)15(10-12)22-4/h5-10,16,19-20H,1-4H3. The average molecular weight is 303 g/mol. The van der Waals surface area contributed by atoms with E-state index in [1.165, 1.54) is 14.2 Å². The Morgan fingerprint density at radius 3 is 1.82 bits per heavy atom. The summed E-state index contributed by atoms with van der Waals surface area (Å²) in [6.07, 6.45) is -0.834. The lowest BCUT2D eigenvalue weighted by atomic mass is 10.0. The number of aliphatic hydroxyl groups is 1. The quantitative estimate of drug-likeness (QED) is 0.889. The first kappa shape index (κ1) is 16.0. The summed E-state index contributed by atoms with van der Waals surface area (Å²) in [4.78, 5) is 1.99. The van der Waals surface area contributed by atoms with Gasteiger partial charge < -0.3 is 24.6 Å². The summed E-state index contributed by atoms with van der Waals surface area (Å²) in [7, 11) is 6.83. The maximum absolute atomic E-state index is 10.5. The molecule has 5 heteroatoms. The van der Waals surface area contributed by atoms with Gasteiger partial charge in [-0.1, -0.05) is 12.1 Å². The lowest BCUT2D eigenvalue weighted by molar-refractivity contribution is 0.218. The predicted molar refractivity (Wildman–Crippen MR) is 86.0 cm³/mol. The zero-order chi connectivity index (χ0) is 16.3. The predicted octanol–water partition coefficient (Wildman–Crippen LogP) is 2.56. The highest BCUT2D eigenvalue weighted by Gasteiger charge is 2.17. The minimum absolute atomic E-state index is 0.0797. The van der Waals surface area contributed by atoms with Crippen LogP contribution in [0.4, 0.5) is 5.69 Å². The molecule has 0 aliphatic heterocycles. The molecule has 0 aromatic heterocycles. The Bertz CT molecular complexity index is 613. The summed E-state index contributed by atoms with van der Waals surface area (Å²) in [6.45, 7) is 0. The number of aliphatic hydroxyl groups excluding tert-OH is 1. The molecule has 1 unspecified atom stereocenters. The van der Waals surface area contributed by atoms with Gasteiger partial charge in [0.05, 0.1) is 14.2 Å². The van der Waals surface area contributed by atoms with E-state index in [0.29, 0.717) is 5.56 Å². The number of benzene rings is 2. The first-order chi connectivity index (χ1) is 10.5. The molecule has 22 heavy (non-hydrogen) atoms. The maximum atomic E-state index is 10.5. The van der Waals surface area contributed by atoms with Crippen LogP contribution in [0.25, 0.3) is 0 Å². The Morgan fingerprint density at radius 2 is 1.41 bits per heavy atom. The number of aromatic hydroxyl groups is 1. The summed E-state index contributed by atoms with van der Waals surface area (Å²) >= 11 is 0. The van der Waals surface area contributed by atoms with Gasteiger partial charge in [0.1, 0.15) is 6.10 Å². The number of phenols is 1. The van der Waals surface area contributed by atoms with Crippen LogP contribution in [0, 0.1) is 0 Å². The summed E-state index contributed by atoms with van der Waals surface area (Å²) < 4.78 is 10.2. The lowest BCUT2D eigenvalue weighted by Crippen LogP contribution is -2.08. The summed E-state index contributed by atoms with van der Waals surface area (Å²) in [5.74, 6) is 0.445. The fourth-order valence-corrected chi connectivity index (χ4v) is 2.22. The second kappa shape index (κ2) is 6.58. The normalized spacial score (nSPS) is 11.9. The molecule has 0 aliphatic carbocycles. The lowest BCUT2D eigenvalue weighted by Gasteiger charge is -2.17. The molecule has 0 amide bonds. The molecule has 0 spiro atoms. The number of hydrogen-bond donors (Lipinski definition) is 2. The number of hydrogen-bond acceptors (Lipinski definition) is 5. The van der Waals surface area contributed by atoms with Crippen molar-refractivity contribution in [3.8, 4) is 17.2 Å². The number of phenolic OH excluding ortho intramolecular Hbond substituents is 1.